The lowest BCUT2D eigenvalue weighted by Crippen LogP contribution is -2.32. The maximum atomic E-state index is 12.9. The minimum atomic E-state index is -4.42. The molecule has 1 saturated heterocycles. The van der Waals surface area contributed by atoms with E-state index in [-0.39, 0.29) is 17.7 Å². The number of rotatable bonds is 4. The Morgan fingerprint density at radius 1 is 1.16 bits per heavy atom. The van der Waals surface area contributed by atoms with E-state index < -0.39 is 17.2 Å². The van der Waals surface area contributed by atoms with Gasteiger partial charge in [-0.3, -0.25) is 4.79 Å². The Morgan fingerprint density at radius 2 is 1.94 bits per heavy atom. The number of benzene rings is 1. The molecule has 164 valence electrons. The van der Waals surface area contributed by atoms with Crippen molar-refractivity contribution in [2.24, 2.45) is 0 Å². The van der Waals surface area contributed by atoms with Crippen molar-refractivity contribution in [2.45, 2.75) is 24.9 Å². The Labute approximate surface area is 179 Å². The Kier molecular flexibility index (Phi) is 4.43. The SMILES string of the molecule is C[C@]1(c2nnc(-c3nn4ccccc4c3Nc3ccc(C(F)(F)F)cc3)o2)CCNC1=O. The lowest BCUT2D eigenvalue weighted by molar-refractivity contribution is -0.137. The highest BCUT2D eigenvalue weighted by molar-refractivity contribution is 5.89. The molecule has 1 amide bonds. The van der Waals surface area contributed by atoms with Crippen molar-refractivity contribution in [1.82, 2.24) is 25.1 Å². The molecule has 3 aromatic heterocycles. The van der Waals surface area contributed by atoms with Crippen LogP contribution < -0.4 is 10.6 Å². The monoisotopic (exact) mass is 442 g/mol. The lowest BCUT2D eigenvalue weighted by atomic mass is 9.89. The number of amides is 1. The van der Waals surface area contributed by atoms with Gasteiger partial charge < -0.3 is 15.1 Å². The number of carbonyl (C=O) groups is 1. The third kappa shape index (κ3) is 3.26. The zero-order valence-corrected chi connectivity index (χ0v) is 16.8. The molecule has 1 fully saturated rings. The Bertz CT molecular complexity index is 1310. The number of halogens is 3. The largest absolute Gasteiger partial charge is 0.418 e. The second-order valence-corrected chi connectivity index (χ2v) is 7.70. The second-order valence-electron chi connectivity index (χ2n) is 7.70. The summed E-state index contributed by atoms with van der Waals surface area (Å²) in [5, 5.41) is 18.5. The number of pyridine rings is 1. The van der Waals surface area contributed by atoms with Crippen LogP contribution in [-0.4, -0.2) is 32.3 Å². The second kappa shape index (κ2) is 7.08. The fourth-order valence-corrected chi connectivity index (χ4v) is 3.64. The number of nitrogens with one attached hydrogen (secondary N) is 2. The molecule has 2 N–H and O–H groups in total. The van der Waals surface area contributed by atoms with Crippen LogP contribution in [-0.2, 0) is 16.4 Å². The maximum absolute atomic E-state index is 12.9. The summed E-state index contributed by atoms with van der Waals surface area (Å²) >= 11 is 0. The summed E-state index contributed by atoms with van der Waals surface area (Å²) in [7, 11) is 0. The molecule has 0 unspecified atom stereocenters. The number of hydrogen-bond acceptors (Lipinski definition) is 6. The van der Waals surface area contributed by atoms with Crippen LogP contribution in [0.5, 0.6) is 0 Å². The van der Waals surface area contributed by atoms with Crippen molar-refractivity contribution >= 4 is 22.8 Å². The number of alkyl halides is 3. The van der Waals surface area contributed by atoms with Crippen LogP contribution in [0.2, 0.25) is 0 Å². The number of nitrogens with zero attached hydrogens (tertiary/aromatic N) is 4. The van der Waals surface area contributed by atoms with E-state index in [1.807, 2.05) is 6.07 Å². The Balaban J connectivity index is 1.55. The van der Waals surface area contributed by atoms with Crippen LogP contribution in [0, 0.1) is 0 Å². The first-order chi connectivity index (χ1) is 15.3. The Morgan fingerprint density at radius 3 is 2.62 bits per heavy atom. The van der Waals surface area contributed by atoms with Gasteiger partial charge in [-0.2, -0.15) is 18.3 Å². The van der Waals surface area contributed by atoms with E-state index in [2.05, 4.69) is 25.9 Å². The normalized spacial score (nSPS) is 18.8. The van der Waals surface area contributed by atoms with E-state index in [1.54, 1.807) is 29.8 Å². The first-order valence-electron chi connectivity index (χ1n) is 9.80. The van der Waals surface area contributed by atoms with Gasteiger partial charge in [0.1, 0.15) is 5.41 Å². The summed E-state index contributed by atoms with van der Waals surface area (Å²) in [4.78, 5) is 12.2. The van der Waals surface area contributed by atoms with Crippen molar-refractivity contribution in [3.8, 4) is 11.6 Å². The average molecular weight is 442 g/mol. The molecule has 0 spiro atoms. The quantitative estimate of drug-likeness (QED) is 0.497. The zero-order chi connectivity index (χ0) is 22.5. The third-order valence-electron chi connectivity index (χ3n) is 5.53. The van der Waals surface area contributed by atoms with Crippen LogP contribution in [0.15, 0.2) is 53.1 Å². The van der Waals surface area contributed by atoms with Gasteiger partial charge in [0.05, 0.1) is 16.8 Å². The van der Waals surface area contributed by atoms with Gasteiger partial charge in [0.2, 0.25) is 11.8 Å². The molecule has 1 aliphatic rings. The zero-order valence-electron chi connectivity index (χ0n) is 16.8. The lowest BCUT2D eigenvalue weighted by Gasteiger charge is -2.14. The van der Waals surface area contributed by atoms with Crippen LogP contribution in [0.25, 0.3) is 17.1 Å². The van der Waals surface area contributed by atoms with Crippen LogP contribution in [0.3, 0.4) is 0 Å². The summed E-state index contributed by atoms with van der Waals surface area (Å²) in [6.07, 6.45) is -2.17. The molecule has 8 nitrogen and oxygen atoms in total. The number of carbonyl (C=O) groups excluding carboxylic acids is 1. The van der Waals surface area contributed by atoms with E-state index in [0.29, 0.717) is 35.6 Å². The molecule has 0 radical (unpaired) electrons. The van der Waals surface area contributed by atoms with Gasteiger partial charge in [-0.05, 0) is 49.7 Å². The fraction of sp³-hybridized carbons (Fsp3) is 0.238. The molecule has 1 aromatic carbocycles. The van der Waals surface area contributed by atoms with E-state index in [1.165, 1.54) is 12.1 Å². The number of fused-ring (bicyclic) bond motifs is 1. The maximum Gasteiger partial charge on any atom is 0.416 e. The van der Waals surface area contributed by atoms with Gasteiger partial charge in [0.15, 0.2) is 5.69 Å². The van der Waals surface area contributed by atoms with Crippen LogP contribution in [0.1, 0.15) is 24.8 Å². The molecule has 0 bridgehead atoms. The summed E-state index contributed by atoms with van der Waals surface area (Å²) in [5.41, 5.74) is 0.226. The van der Waals surface area contributed by atoms with Gasteiger partial charge in [-0.15, -0.1) is 10.2 Å². The van der Waals surface area contributed by atoms with E-state index in [4.69, 9.17) is 4.42 Å². The third-order valence-corrected chi connectivity index (χ3v) is 5.53. The average Bonchev–Trinajstić information content (AvgIpc) is 3.47. The molecule has 1 atom stereocenters. The highest BCUT2D eigenvalue weighted by Gasteiger charge is 2.44. The van der Waals surface area contributed by atoms with Gasteiger partial charge in [-0.1, -0.05) is 6.07 Å². The van der Waals surface area contributed by atoms with Crippen molar-refractivity contribution in [3.05, 3.63) is 60.1 Å². The van der Waals surface area contributed by atoms with E-state index in [9.17, 15) is 18.0 Å². The minimum absolute atomic E-state index is 0.0963. The minimum Gasteiger partial charge on any atom is -0.418 e. The van der Waals surface area contributed by atoms with Crippen molar-refractivity contribution in [3.63, 3.8) is 0 Å². The molecule has 0 aliphatic carbocycles. The van der Waals surface area contributed by atoms with E-state index >= 15 is 0 Å². The predicted molar refractivity (Wildman–Crippen MR) is 108 cm³/mol. The highest BCUT2D eigenvalue weighted by atomic mass is 19.4. The first kappa shape index (κ1) is 20.0. The van der Waals surface area contributed by atoms with Gasteiger partial charge in [0, 0.05) is 18.4 Å². The number of aromatic nitrogens is 4. The molecule has 32 heavy (non-hydrogen) atoms. The molecule has 1 aliphatic heterocycles. The van der Waals surface area contributed by atoms with Gasteiger partial charge >= 0.3 is 6.18 Å². The summed E-state index contributed by atoms with van der Waals surface area (Å²) < 4.78 is 46.1. The molecule has 4 aromatic rings. The smallest absolute Gasteiger partial charge is 0.416 e. The summed E-state index contributed by atoms with van der Waals surface area (Å²) in [6, 6.07) is 10.1. The van der Waals surface area contributed by atoms with Crippen LogP contribution in [0.4, 0.5) is 24.5 Å². The highest BCUT2D eigenvalue weighted by Crippen LogP contribution is 2.37. The molecule has 0 saturated carbocycles. The predicted octanol–water partition coefficient (Wildman–Crippen LogP) is 3.92. The molecule has 5 rings (SSSR count). The topological polar surface area (TPSA) is 97.3 Å². The Hall–Kier alpha value is -3.89. The van der Waals surface area contributed by atoms with Crippen molar-refractivity contribution in [2.75, 3.05) is 11.9 Å². The molecular weight excluding hydrogens is 425 g/mol. The first-order valence-corrected chi connectivity index (χ1v) is 9.80. The standard InChI is InChI=1S/C21H17F3N6O2/c1-20(9-10-25-18(20)31)19-28-27-17(32-19)16-15(14-4-2-3-11-30(14)29-16)26-13-7-5-12(6-8-13)21(22,23)24/h2-8,11,26H,9-10H2,1H3,(H,25,31)/t20-/m0/s1. The van der Waals surface area contributed by atoms with Crippen LogP contribution >= 0.6 is 0 Å². The number of hydrogen-bond donors (Lipinski definition) is 2. The molecular formula is C21H17F3N6O2. The van der Waals surface area contributed by atoms with Gasteiger partial charge in [-0.25, -0.2) is 4.52 Å². The van der Waals surface area contributed by atoms with Crippen molar-refractivity contribution in [1.29, 1.82) is 0 Å². The molecule has 11 heteroatoms. The van der Waals surface area contributed by atoms with Crippen molar-refractivity contribution < 1.29 is 22.4 Å². The summed E-state index contributed by atoms with van der Waals surface area (Å²) in [6.45, 7) is 2.25. The number of anilines is 2. The molecule has 4 heterocycles. The fourth-order valence-electron chi connectivity index (χ4n) is 3.64. The summed E-state index contributed by atoms with van der Waals surface area (Å²) in [5.74, 6) is 0.0878. The van der Waals surface area contributed by atoms with Gasteiger partial charge in [0.25, 0.3) is 5.89 Å². The van der Waals surface area contributed by atoms with E-state index in [0.717, 1.165) is 12.1 Å².